The molecule has 0 amide bonds. The lowest BCUT2D eigenvalue weighted by molar-refractivity contribution is 0.525. The normalized spacial score (nSPS) is 23.5. The van der Waals surface area contributed by atoms with E-state index in [2.05, 4.69) is 12.2 Å². The van der Waals surface area contributed by atoms with Gasteiger partial charge in [-0.3, -0.25) is 0 Å². The molecule has 4 heteroatoms. The van der Waals surface area contributed by atoms with Crippen molar-refractivity contribution in [3.63, 3.8) is 0 Å². The lowest BCUT2D eigenvalue weighted by atomic mass is 10.1. The van der Waals surface area contributed by atoms with E-state index in [4.69, 9.17) is 0 Å². The van der Waals surface area contributed by atoms with E-state index >= 15 is 0 Å². The van der Waals surface area contributed by atoms with Gasteiger partial charge in [-0.15, -0.1) is 0 Å². The maximum Gasteiger partial charge on any atom is 0.178 e. The summed E-state index contributed by atoms with van der Waals surface area (Å²) in [5.41, 5.74) is 1.02. The van der Waals surface area contributed by atoms with Crippen LogP contribution in [0.2, 0.25) is 0 Å². The molecule has 19 heavy (non-hydrogen) atoms. The number of sulfone groups is 1. The van der Waals surface area contributed by atoms with Crippen LogP contribution in [0, 0.1) is 5.92 Å². The van der Waals surface area contributed by atoms with E-state index < -0.39 is 9.84 Å². The number of hydrogen-bond acceptors (Lipinski definition) is 3. The van der Waals surface area contributed by atoms with Gasteiger partial charge < -0.3 is 5.32 Å². The molecule has 0 aromatic heterocycles. The fraction of sp³-hybridized carbons (Fsp3) is 0.600. The molecule has 1 fully saturated rings. The van der Waals surface area contributed by atoms with Gasteiger partial charge in [0, 0.05) is 11.7 Å². The molecule has 1 saturated carbocycles. The molecule has 3 nitrogen and oxygen atoms in total. The van der Waals surface area contributed by atoms with Crippen LogP contribution in [0.3, 0.4) is 0 Å². The van der Waals surface area contributed by atoms with Crippen LogP contribution in [0.4, 0.5) is 5.69 Å². The number of anilines is 1. The SMILES string of the molecule is CCC1CCC(Nc2ccc(S(=O)(=O)CC)cc2)C1. The Morgan fingerprint density at radius 1 is 1.16 bits per heavy atom. The average molecular weight is 281 g/mol. The van der Waals surface area contributed by atoms with Crippen LogP contribution in [0.5, 0.6) is 0 Å². The van der Waals surface area contributed by atoms with Gasteiger partial charge in [-0.25, -0.2) is 8.42 Å². The van der Waals surface area contributed by atoms with Gasteiger partial charge in [0.1, 0.15) is 0 Å². The minimum absolute atomic E-state index is 0.153. The van der Waals surface area contributed by atoms with Crippen molar-refractivity contribution in [3.05, 3.63) is 24.3 Å². The van der Waals surface area contributed by atoms with E-state index in [0.717, 1.165) is 11.6 Å². The van der Waals surface area contributed by atoms with Crippen LogP contribution in [-0.2, 0) is 9.84 Å². The Kier molecular flexibility index (Phi) is 4.50. The molecule has 1 aliphatic carbocycles. The summed E-state index contributed by atoms with van der Waals surface area (Å²) in [5, 5.41) is 3.51. The molecule has 1 aromatic rings. The molecular weight excluding hydrogens is 258 g/mol. The molecule has 2 unspecified atom stereocenters. The van der Waals surface area contributed by atoms with Crippen molar-refractivity contribution in [2.45, 2.75) is 50.5 Å². The molecule has 0 aliphatic heterocycles. The highest BCUT2D eigenvalue weighted by Crippen LogP contribution is 2.30. The summed E-state index contributed by atoms with van der Waals surface area (Å²) < 4.78 is 23.4. The van der Waals surface area contributed by atoms with Gasteiger partial charge in [0.25, 0.3) is 0 Å². The van der Waals surface area contributed by atoms with Gasteiger partial charge in [0.2, 0.25) is 0 Å². The van der Waals surface area contributed by atoms with Crippen LogP contribution < -0.4 is 5.32 Å². The Labute approximate surface area is 116 Å². The Bertz CT molecular complexity index is 507. The third-order valence-electron chi connectivity index (χ3n) is 4.08. The smallest absolute Gasteiger partial charge is 0.178 e. The molecule has 0 bridgehead atoms. The summed E-state index contributed by atoms with van der Waals surface area (Å²) in [6.45, 7) is 3.92. The summed E-state index contributed by atoms with van der Waals surface area (Å²) in [6, 6.07) is 7.70. The van der Waals surface area contributed by atoms with Crippen molar-refractivity contribution < 1.29 is 8.42 Å². The van der Waals surface area contributed by atoms with Crippen molar-refractivity contribution >= 4 is 15.5 Å². The fourth-order valence-corrected chi connectivity index (χ4v) is 3.62. The van der Waals surface area contributed by atoms with Crippen molar-refractivity contribution in [3.8, 4) is 0 Å². The van der Waals surface area contributed by atoms with Crippen molar-refractivity contribution in [1.29, 1.82) is 0 Å². The van der Waals surface area contributed by atoms with Crippen LogP contribution >= 0.6 is 0 Å². The van der Waals surface area contributed by atoms with E-state index in [0.29, 0.717) is 10.9 Å². The van der Waals surface area contributed by atoms with Gasteiger partial charge in [0.15, 0.2) is 9.84 Å². The second kappa shape index (κ2) is 5.95. The standard InChI is InChI=1S/C15H23NO2S/c1-3-12-5-6-14(11-12)16-13-7-9-15(10-8-13)19(17,18)4-2/h7-10,12,14,16H,3-6,11H2,1-2H3. The predicted octanol–water partition coefficient (Wildman–Crippen LogP) is 3.47. The second-order valence-electron chi connectivity index (χ2n) is 5.36. The van der Waals surface area contributed by atoms with E-state index in [1.807, 2.05) is 12.1 Å². The average Bonchev–Trinajstić information content (AvgIpc) is 2.87. The second-order valence-corrected chi connectivity index (χ2v) is 7.63. The fourth-order valence-electron chi connectivity index (χ4n) is 2.74. The Morgan fingerprint density at radius 2 is 1.84 bits per heavy atom. The summed E-state index contributed by atoms with van der Waals surface area (Å²) in [4.78, 5) is 0.415. The Balaban J connectivity index is 2.00. The molecule has 1 aromatic carbocycles. The summed E-state index contributed by atoms with van der Waals surface area (Å²) in [7, 11) is -3.08. The van der Waals surface area contributed by atoms with Gasteiger partial charge in [-0.05, 0) is 49.4 Å². The molecule has 2 atom stereocenters. The lowest BCUT2D eigenvalue weighted by Gasteiger charge is -2.14. The van der Waals surface area contributed by atoms with Crippen LogP contribution in [0.25, 0.3) is 0 Å². The molecule has 106 valence electrons. The summed E-state index contributed by atoms with van der Waals surface area (Å²) in [6.07, 6.45) is 5.00. The van der Waals surface area contributed by atoms with Gasteiger partial charge in [0.05, 0.1) is 10.6 Å². The highest BCUT2D eigenvalue weighted by atomic mass is 32.2. The minimum Gasteiger partial charge on any atom is -0.382 e. The molecule has 0 heterocycles. The Hall–Kier alpha value is -1.03. The Morgan fingerprint density at radius 3 is 2.37 bits per heavy atom. The van der Waals surface area contributed by atoms with E-state index in [1.165, 1.54) is 25.7 Å². The number of hydrogen-bond donors (Lipinski definition) is 1. The van der Waals surface area contributed by atoms with Gasteiger partial charge in [-0.2, -0.15) is 0 Å². The van der Waals surface area contributed by atoms with Gasteiger partial charge >= 0.3 is 0 Å². The minimum atomic E-state index is -3.08. The zero-order valence-corrected chi connectivity index (χ0v) is 12.5. The third-order valence-corrected chi connectivity index (χ3v) is 5.83. The number of benzene rings is 1. The number of nitrogens with one attached hydrogen (secondary N) is 1. The molecule has 0 spiro atoms. The van der Waals surface area contributed by atoms with E-state index in [-0.39, 0.29) is 5.75 Å². The molecule has 1 aliphatic rings. The predicted molar refractivity (Wildman–Crippen MR) is 79.2 cm³/mol. The van der Waals surface area contributed by atoms with Crippen molar-refractivity contribution in [1.82, 2.24) is 0 Å². The molecule has 0 saturated heterocycles. The maximum atomic E-state index is 11.7. The maximum absolute atomic E-state index is 11.7. The zero-order chi connectivity index (χ0) is 13.9. The topological polar surface area (TPSA) is 46.2 Å². The largest absolute Gasteiger partial charge is 0.382 e. The third kappa shape index (κ3) is 3.50. The van der Waals surface area contributed by atoms with Crippen LogP contribution in [0.15, 0.2) is 29.2 Å². The monoisotopic (exact) mass is 281 g/mol. The van der Waals surface area contributed by atoms with E-state index in [1.54, 1.807) is 19.1 Å². The lowest BCUT2D eigenvalue weighted by Crippen LogP contribution is -2.15. The molecule has 0 radical (unpaired) electrons. The van der Waals surface area contributed by atoms with E-state index in [9.17, 15) is 8.42 Å². The first-order valence-corrected chi connectivity index (χ1v) is 8.79. The zero-order valence-electron chi connectivity index (χ0n) is 11.7. The van der Waals surface area contributed by atoms with Gasteiger partial charge in [-0.1, -0.05) is 20.3 Å². The first-order valence-electron chi connectivity index (χ1n) is 7.14. The molecule has 1 N–H and O–H groups in total. The first-order chi connectivity index (χ1) is 9.05. The van der Waals surface area contributed by atoms with Crippen LogP contribution in [0.1, 0.15) is 39.5 Å². The molecular formula is C15H23NO2S. The van der Waals surface area contributed by atoms with Crippen molar-refractivity contribution in [2.75, 3.05) is 11.1 Å². The summed E-state index contributed by atoms with van der Waals surface area (Å²) in [5.74, 6) is 0.998. The first kappa shape index (κ1) is 14.4. The summed E-state index contributed by atoms with van der Waals surface area (Å²) >= 11 is 0. The van der Waals surface area contributed by atoms with Crippen LogP contribution in [-0.4, -0.2) is 20.2 Å². The highest BCUT2D eigenvalue weighted by molar-refractivity contribution is 7.91. The number of rotatable bonds is 5. The quantitative estimate of drug-likeness (QED) is 0.899. The van der Waals surface area contributed by atoms with Crippen molar-refractivity contribution in [2.24, 2.45) is 5.92 Å². The molecule has 2 rings (SSSR count). The highest BCUT2D eigenvalue weighted by Gasteiger charge is 2.23.